The highest BCUT2D eigenvalue weighted by molar-refractivity contribution is 5.06. The predicted molar refractivity (Wildman–Crippen MR) is 77.1 cm³/mol. The fraction of sp³-hybridized carbons (Fsp3) is 0.800. The fourth-order valence-electron chi connectivity index (χ4n) is 1.34. The highest BCUT2D eigenvalue weighted by Crippen LogP contribution is 2.03. The van der Waals surface area contributed by atoms with Crippen molar-refractivity contribution in [2.45, 2.75) is 52.0 Å². The van der Waals surface area contributed by atoms with Crippen molar-refractivity contribution in [1.82, 2.24) is 40.4 Å². The molecular formula is C10H22N10O2. The van der Waals surface area contributed by atoms with Crippen molar-refractivity contribution in [1.29, 1.82) is 0 Å². The molecule has 124 valence electrons. The van der Waals surface area contributed by atoms with Crippen LogP contribution in [0.15, 0.2) is 0 Å². The molecule has 0 aliphatic carbocycles. The van der Waals surface area contributed by atoms with Crippen molar-refractivity contribution < 1.29 is 10.2 Å². The Balaban J connectivity index is 0.000000220. The molecule has 0 aromatic carbocycles. The molecule has 0 fully saturated rings. The van der Waals surface area contributed by atoms with Crippen LogP contribution in [0.2, 0.25) is 0 Å². The number of aromatic nitrogens is 8. The van der Waals surface area contributed by atoms with Crippen LogP contribution in [0.4, 0.5) is 11.9 Å². The fourth-order valence-corrected chi connectivity index (χ4v) is 1.34. The van der Waals surface area contributed by atoms with E-state index in [4.69, 9.17) is 11.5 Å². The average Bonchev–Trinajstić information content (AvgIpc) is 2.84. The normalized spacial score (nSPS) is 11.9. The van der Waals surface area contributed by atoms with Gasteiger partial charge < -0.3 is 21.7 Å². The number of nitrogen functional groups attached to an aromatic ring is 2. The zero-order chi connectivity index (χ0) is 17.0. The molecule has 2 aromatic rings. The first kappa shape index (κ1) is 17.7. The average molecular weight is 314 g/mol. The van der Waals surface area contributed by atoms with E-state index in [1.807, 2.05) is 0 Å². The minimum absolute atomic E-state index is 0.120. The third-order valence-corrected chi connectivity index (χ3v) is 1.99. The molecule has 6 N–H and O–H groups in total. The number of tetrazole rings is 2. The van der Waals surface area contributed by atoms with Crippen molar-refractivity contribution in [3.63, 3.8) is 0 Å². The van der Waals surface area contributed by atoms with E-state index in [1.165, 1.54) is 9.59 Å². The second-order valence-corrected chi connectivity index (χ2v) is 5.98. The van der Waals surface area contributed by atoms with Crippen molar-refractivity contribution in [3.8, 4) is 0 Å². The summed E-state index contributed by atoms with van der Waals surface area (Å²) < 4.78 is 0. The van der Waals surface area contributed by atoms with Gasteiger partial charge in [-0.1, -0.05) is 10.2 Å². The van der Waals surface area contributed by atoms with Crippen molar-refractivity contribution in [2.24, 2.45) is 0 Å². The van der Waals surface area contributed by atoms with Gasteiger partial charge in [-0.2, -0.15) is 9.59 Å². The second-order valence-electron chi connectivity index (χ2n) is 5.98. The molecule has 2 aromatic heterocycles. The maximum atomic E-state index is 9.31. The monoisotopic (exact) mass is 314 g/mol. The number of nitrogens with two attached hydrogens (primary N) is 2. The Morgan fingerprint density at radius 1 is 0.818 bits per heavy atom. The van der Waals surface area contributed by atoms with Gasteiger partial charge in [0.15, 0.2) is 0 Å². The Bertz CT molecular complexity index is 527. The summed E-state index contributed by atoms with van der Waals surface area (Å²) in [5.74, 6) is 0.239. The largest absolute Gasteiger partial charge is 0.388 e. The van der Waals surface area contributed by atoms with Gasteiger partial charge >= 0.3 is 0 Å². The molecule has 0 unspecified atom stereocenters. The van der Waals surface area contributed by atoms with Crippen LogP contribution in [0.5, 0.6) is 0 Å². The van der Waals surface area contributed by atoms with E-state index in [9.17, 15) is 10.2 Å². The Morgan fingerprint density at radius 2 is 1.14 bits per heavy atom. The number of hydrogen-bond donors (Lipinski definition) is 4. The number of nitrogens with zero attached hydrogens (tertiary/aromatic N) is 8. The van der Waals surface area contributed by atoms with Crippen LogP contribution in [0.25, 0.3) is 0 Å². The lowest BCUT2D eigenvalue weighted by Gasteiger charge is -2.14. The molecule has 0 aliphatic rings. The van der Waals surface area contributed by atoms with Gasteiger partial charge in [0.1, 0.15) is 0 Å². The molecule has 0 saturated heterocycles. The Hall–Kier alpha value is -2.34. The zero-order valence-electron chi connectivity index (χ0n) is 13.0. The first-order chi connectivity index (χ1) is 9.94. The molecule has 12 heteroatoms. The minimum Gasteiger partial charge on any atom is -0.388 e. The summed E-state index contributed by atoms with van der Waals surface area (Å²) in [6.07, 6.45) is 0. The van der Waals surface area contributed by atoms with E-state index in [0.717, 1.165) is 0 Å². The molecule has 2 heterocycles. The molecule has 2 rings (SSSR count). The third kappa shape index (κ3) is 7.44. The van der Waals surface area contributed by atoms with Crippen LogP contribution < -0.4 is 11.5 Å². The molecule has 0 atom stereocenters. The van der Waals surface area contributed by atoms with Crippen molar-refractivity contribution in [3.05, 3.63) is 0 Å². The molecule has 0 bridgehead atoms. The summed E-state index contributed by atoms with van der Waals surface area (Å²) in [5.41, 5.74) is 8.74. The summed E-state index contributed by atoms with van der Waals surface area (Å²) in [4.78, 5) is 2.52. The standard InChI is InChI=1S/2C5H11N5O/c2*1-5(2,11)3-10-8-4(6)7-9-10/h2*11H,3H2,1-2H3,(H2,6,8). The van der Waals surface area contributed by atoms with Crippen LogP contribution >= 0.6 is 0 Å². The topological polar surface area (TPSA) is 180 Å². The molecular weight excluding hydrogens is 292 g/mol. The molecule has 22 heavy (non-hydrogen) atoms. The first-order valence-electron chi connectivity index (χ1n) is 6.46. The first-order valence-corrected chi connectivity index (χ1v) is 6.46. The van der Waals surface area contributed by atoms with Crippen LogP contribution in [-0.4, -0.2) is 61.8 Å². The van der Waals surface area contributed by atoms with E-state index in [0.29, 0.717) is 0 Å². The SMILES string of the molecule is CC(C)(O)Cn1nnc(N)n1.CC(C)(O)Cn1nnc(N)n1. The van der Waals surface area contributed by atoms with Gasteiger partial charge in [-0.25, -0.2) is 0 Å². The molecule has 0 saturated carbocycles. The summed E-state index contributed by atoms with van der Waals surface area (Å²) in [6, 6.07) is 0. The van der Waals surface area contributed by atoms with Crippen LogP contribution in [0.1, 0.15) is 27.7 Å². The summed E-state index contributed by atoms with van der Waals surface area (Å²) in [7, 11) is 0. The highest BCUT2D eigenvalue weighted by atomic mass is 16.3. The van der Waals surface area contributed by atoms with Crippen molar-refractivity contribution in [2.75, 3.05) is 11.5 Å². The molecule has 0 spiro atoms. The summed E-state index contributed by atoms with van der Waals surface area (Å²) in [5, 5.41) is 40.1. The third-order valence-electron chi connectivity index (χ3n) is 1.99. The molecule has 12 nitrogen and oxygen atoms in total. The van der Waals surface area contributed by atoms with Gasteiger partial charge in [0.05, 0.1) is 24.3 Å². The van der Waals surface area contributed by atoms with E-state index in [-0.39, 0.29) is 25.0 Å². The smallest absolute Gasteiger partial charge is 0.260 e. The summed E-state index contributed by atoms with van der Waals surface area (Å²) in [6.45, 7) is 7.21. The Kier molecular flexibility index (Phi) is 5.33. The lowest BCUT2D eigenvalue weighted by atomic mass is 10.1. The van der Waals surface area contributed by atoms with Gasteiger partial charge in [0.2, 0.25) is 0 Å². The second kappa shape index (κ2) is 6.62. The number of aliphatic hydroxyl groups is 2. The number of hydrogen-bond acceptors (Lipinski definition) is 10. The minimum atomic E-state index is -0.840. The van der Waals surface area contributed by atoms with Gasteiger partial charge in [-0.15, -0.1) is 10.2 Å². The number of anilines is 2. The lowest BCUT2D eigenvalue weighted by Crippen LogP contribution is -2.27. The van der Waals surface area contributed by atoms with Crippen LogP contribution in [-0.2, 0) is 13.1 Å². The van der Waals surface area contributed by atoms with Crippen LogP contribution in [0, 0.1) is 0 Å². The summed E-state index contributed by atoms with van der Waals surface area (Å²) >= 11 is 0. The van der Waals surface area contributed by atoms with Gasteiger partial charge in [0.25, 0.3) is 11.9 Å². The van der Waals surface area contributed by atoms with E-state index >= 15 is 0 Å². The number of rotatable bonds is 4. The zero-order valence-corrected chi connectivity index (χ0v) is 13.0. The Morgan fingerprint density at radius 3 is 1.32 bits per heavy atom. The quantitative estimate of drug-likeness (QED) is 0.495. The van der Waals surface area contributed by atoms with Gasteiger partial charge in [0, 0.05) is 0 Å². The lowest BCUT2D eigenvalue weighted by molar-refractivity contribution is 0.0520. The van der Waals surface area contributed by atoms with Gasteiger partial charge in [-0.05, 0) is 38.1 Å². The van der Waals surface area contributed by atoms with Crippen molar-refractivity contribution >= 4 is 11.9 Å². The Labute approximate surface area is 127 Å². The van der Waals surface area contributed by atoms with E-state index < -0.39 is 11.2 Å². The molecule has 0 amide bonds. The van der Waals surface area contributed by atoms with E-state index in [2.05, 4.69) is 30.8 Å². The predicted octanol–water partition coefficient (Wildman–Crippen LogP) is -1.95. The van der Waals surface area contributed by atoms with Crippen LogP contribution in [0.3, 0.4) is 0 Å². The molecule has 0 radical (unpaired) electrons. The maximum absolute atomic E-state index is 9.31. The maximum Gasteiger partial charge on any atom is 0.260 e. The molecule has 0 aliphatic heterocycles. The highest BCUT2D eigenvalue weighted by Gasteiger charge is 2.15. The van der Waals surface area contributed by atoms with E-state index in [1.54, 1.807) is 27.7 Å². The van der Waals surface area contributed by atoms with Gasteiger partial charge in [-0.3, -0.25) is 0 Å².